The van der Waals surface area contributed by atoms with E-state index < -0.39 is 19.2 Å². The number of carboxylic acids is 1. The van der Waals surface area contributed by atoms with Gasteiger partial charge in [-0.2, -0.15) is 0 Å². The molecule has 0 fully saturated rings. The molecule has 0 aliphatic rings. The Morgan fingerprint density at radius 2 is 1.47 bits per heavy atom. The van der Waals surface area contributed by atoms with Crippen LogP contribution in [0.25, 0.3) is 0 Å². The Labute approximate surface area is 94.7 Å². The van der Waals surface area contributed by atoms with E-state index in [1.807, 2.05) is 18.2 Å². The number of carbonyl (C=O) groups is 1. The normalized spacial score (nSPS) is 10.7. The number of rotatable bonds is 9. The molecule has 0 aromatic rings. The van der Waals surface area contributed by atoms with Gasteiger partial charge in [-0.1, -0.05) is 0 Å². The van der Waals surface area contributed by atoms with Crippen LogP contribution in [0.15, 0.2) is 38.0 Å². The molecule has 2 nitrogen and oxygen atoms in total. The molecule has 0 rings (SSSR count). The zero-order valence-electron chi connectivity index (χ0n) is 9.24. The molecule has 0 amide bonds. The second-order valence-corrected chi connectivity index (χ2v) is 13.8. The third-order valence-electron chi connectivity index (χ3n) is 2.60. The SMILES string of the molecule is C=C[CH2][Ge]([CH2]C=C)([CH2]C=C)[CH2]CC(=O)O. The molecule has 0 bridgehead atoms. The van der Waals surface area contributed by atoms with Gasteiger partial charge >= 0.3 is 94.5 Å². The third kappa shape index (κ3) is 5.62. The quantitative estimate of drug-likeness (QED) is 0.514. The number of carboxylic acid groups (broad SMARTS) is 1. The molecule has 0 saturated carbocycles. The van der Waals surface area contributed by atoms with Gasteiger partial charge in [0.15, 0.2) is 0 Å². The molecule has 0 aliphatic carbocycles. The Morgan fingerprint density at radius 3 is 1.73 bits per heavy atom. The molecule has 15 heavy (non-hydrogen) atoms. The number of hydrogen-bond acceptors (Lipinski definition) is 1. The summed E-state index contributed by atoms with van der Waals surface area (Å²) in [5, 5.41) is 12.5. The zero-order chi connectivity index (χ0) is 11.7. The third-order valence-corrected chi connectivity index (χ3v) is 12.6. The van der Waals surface area contributed by atoms with Gasteiger partial charge in [-0.3, -0.25) is 0 Å². The van der Waals surface area contributed by atoms with Crippen LogP contribution in [0.1, 0.15) is 6.42 Å². The molecule has 84 valence electrons. The van der Waals surface area contributed by atoms with E-state index in [0.29, 0.717) is 0 Å². The molecule has 0 spiro atoms. The van der Waals surface area contributed by atoms with Crippen LogP contribution in [0.2, 0.25) is 21.0 Å². The summed E-state index contributed by atoms with van der Waals surface area (Å²) in [7, 11) is 0. The van der Waals surface area contributed by atoms with Crippen molar-refractivity contribution in [3.8, 4) is 0 Å². The average molecular weight is 269 g/mol. The summed E-state index contributed by atoms with van der Waals surface area (Å²) < 4.78 is 0. The van der Waals surface area contributed by atoms with Crippen LogP contribution in [0.3, 0.4) is 0 Å². The van der Waals surface area contributed by atoms with Crippen molar-refractivity contribution in [1.29, 1.82) is 0 Å². The number of aliphatic carboxylic acids is 1. The first-order valence-electron chi connectivity index (χ1n) is 5.14. The van der Waals surface area contributed by atoms with Crippen LogP contribution in [-0.2, 0) is 4.79 Å². The zero-order valence-corrected chi connectivity index (χ0v) is 11.3. The van der Waals surface area contributed by atoms with Crippen molar-refractivity contribution in [2.75, 3.05) is 0 Å². The van der Waals surface area contributed by atoms with Crippen molar-refractivity contribution in [2.24, 2.45) is 0 Å². The number of allylic oxidation sites excluding steroid dienone is 3. The minimum atomic E-state index is -2.13. The van der Waals surface area contributed by atoms with Gasteiger partial charge in [-0.15, -0.1) is 0 Å². The number of hydrogen-bond donors (Lipinski definition) is 1. The minimum absolute atomic E-state index is 0.273. The Balaban J connectivity index is 4.57. The van der Waals surface area contributed by atoms with Gasteiger partial charge in [-0.25, -0.2) is 0 Å². The first-order chi connectivity index (χ1) is 7.10. The molecule has 0 aromatic carbocycles. The van der Waals surface area contributed by atoms with Crippen LogP contribution >= 0.6 is 0 Å². The molecule has 0 heterocycles. The summed E-state index contributed by atoms with van der Waals surface area (Å²) in [5.74, 6) is -0.706. The Morgan fingerprint density at radius 1 is 1.07 bits per heavy atom. The predicted octanol–water partition coefficient (Wildman–Crippen LogP) is 3.47. The molecule has 0 saturated heterocycles. The van der Waals surface area contributed by atoms with Crippen LogP contribution in [0, 0.1) is 0 Å². The topological polar surface area (TPSA) is 37.3 Å². The van der Waals surface area contributed by atoms with Gasteiger partial charge in [-0.05, 0) is 0 Å². The fourth-order valence-corrected chi connectivity index (χ4v) is 9.60. The van der Waals surface area contributed by atoms with Crippen LogP contribution in [0.5, 0.6) is 0 Å². The molecular weight excluding hydrogens is 249 g/mol. The standard InChI is InChI=1S/C12H20GeO2/c1-4-8-13(9-5-2,10-6-3)11-7-12(14)15/h4-6H,1-3,7-11H2,(H,14,15). The van der Waals surface area contributed by atoms with E-state index in [1.165, 1.54) is 0 Å². The fourth-order valence-electron chi connectivity index (χ4n) is 1.85. The van der Waals surface area contributed by atoms with Crippen molar-refractivity contribution in [2.45, 2.75) is 27.4 Å². The summed E-state index contributed by atoms with van der Waals surface area (Å²) in [6.07, 6.45) is 6.05. The van der Waals surface area contributed by atoms with E-state index in [0.717, 1.165) is 21.0 Å². The van der Waals surface area contributed by atoms with Crippen LogP contribution in [0.4, 0.5) is 0 Å². The Bertz CT molecular complexity index is 219. The maximum absolute atomic E-state index is 10.6. The first-order valence-corrected chi connectivity index (χ1v) is 11.1. The molecule has 1 N–H and O–H groups in total. The Hall–Kier alpha value is -0.767. The van der Waals surface area contributed by atoms with Crippen molar-refractivity contribution in [3.05, 3.63) is 38.0 Å². The van der Waals surface area contributed by atoms with Crippen molar-refractivity contribution in [3.63, 3.8) is 0 Å². The summed E-state index contributed by atoms with van der Waals surface area (Å²) in [5.41, 5.74) is 0. The van der Waals surface area contributed by atoms with Gasteiger partial charge in [0.2, 0.25) is 0 Å². The van der Waals surface area contributed by atoms with E-state index in [1.54, 1.807) is 0 Å². The molecule has 0 aromatic heterocycles. The average Bonchev–Trinajstić information content (AvgIpc) is 2.16. The van der Waals surface area contributed by atoms with E-state index in [-0.39, 0.29) is 6.42 Å². The fraction of sp³-hybridized carbons (Fsp3) is 0.417. The summed E-state index contributed by atoms with van der Waals surface area (Å²) in [4.78, 5) is 10.6. The van der Waals surface area contributed by atoms with Crippen molar-refractivity contribution >= 4 is 19.2 Å². The molecular formula is C12H20GeO2. The van der Waals surface area contributed by atoms with Gasteiger partial charge in [0.05, 0.1) is 0 Å². The van der Waals surface area contributed by atoms with E-state index in [4.69, 9.17) is 5.11 Å². The van der Waals surface area contributed by atoms with Gasteiger partial charge < -0.3 is 0 Å². The maximum atomic E-state index is 10.6. The summed E-state index contributed by atoms with van der Waals surface area (Å²) in [6, 6.07) is 0. The van der Waals surface area contributed by atoms with Crippen LogP contribution < -0.4 is 0 Å². The van der Waals surface area contributed by atoms with Gasteiger partial charge in [0.25, 0.3) is 0 Å². The summed E-state index contributed by atoms with van der Waals surface area (Å²) in [6.45, 7) is 11.3. The van der Waals surface area contributed by atoms with Crippen molar-refractivity contribution < 1.29 is 9.90 Å². The summed E-state index contributed by atoms with van der Waals surface area (Å²) >= 11 is -2.13. The van der Waals surface area contributed by atoms with Crippen molar-refractivity contribution in [1.82, 2.24) is 0 Å². The second kappa shape index (κ2) is 7.51. The van der Waals surface area contributed by atoms with E-state index in [2.05, 4.69) is 19.7 Å². The molecule has 0 radical (unpaired) electrons. The van der Waals surface area contributed by atoms with Gasteiger partial charge in [0, 0.05) is 0 Å². The molecule has 0 aliphatic heterocycles. The first kappa shape index (κ1) is 14.2. The van der Waals surface area contributed by atoms with E-state index in [9.17, 15) is 4.79 Å². The molecule has 3 heteroatoms. The van der Waals surface area contributed by atoms with Gasteiger partial charge in [0.1, 0.15) is 0 Å². The molecule has 0 atom stereocenters. The Kier molecular flexibility index (Phi) is 7.13. The monoisotopic (exact) mass is 270 g/mol. The molecule has 0 unspecified atom stereocenters. The predicted molar refractivity (Wildman–Crippen MR) is 67.8 cm³/mol. The second-order valence-electron chi connectivity index (χ2n) is 3.87. The van der Waals surface area contributed by atoms with E-state index >= 15 is 0 Å². The van der Waals surface area contributed by atoms with Crippen LogP contribution in [-0.4, -0.2) is 24.3 Å².